The van der Waals surface area contributed by atoms with Crippen LogP contribution in [0.3, 0.4) is 0 Å². The van der Waals surface area contributed by atoms with Gasteiger partial charge in [0.1, 0.15) is 0 Å². The van der Waals surface area contributed by atoms with Crippen molar-refractivity contribution in [2.75, 3.05) is 0 Å². The quantitative estimate of drug-likeness (QED) is 0.178. The van der Waals surface area contributed by atoms with E-state index in [2.05, 4.69) is 4.28 Å². The fourth-order valence-electron chi connectivity index (χ4n) is 0.0456. The van der Waals surface area contributed by atoms with Gasteiger partial charge in [0, 0.05) is 0 Å². The fourth-order valence-corrected chi connectivity index (χ4v) is 0.137. The molecule has 0 spiro atoms. The Kier molecular flexibility index (Phi) is 6.72. The van der Waals surface area contributed by atoms with Gasteiger partial charge in [0.05, 0.1) is 0 Å². The van der Waals surface area contributed by atoms with Crippen molar-refractivity contribution in [3.8, 4) is 0 Å². The number of hydrogen-bond acceptors (Lipinski definition) is 6. The Morgan fingerprint density at radius 2 is 2.00 bits per heavy atom. The fraction of sp³-hybridized carbons (Fsp3) is 0. The van der Waals surface area contributed by atoms with E-state index in [9.17, 15) is 13.0 Å². The molecule has 0 bridgehead atoms. The van der Waals surface area contributed by atoms with E-state index in [1.807, 2.05) is 0 Å². The summed E-state index contributed by atoms with van der Waals surface area (Å²) in [7, 11) is -4.79. The van der Waals surface area contributed by atoms with Gasteiger partial charge in [-0.05, 0) is 0 Å². The van der Waals surface area contributed by atoms with Crippen LogP contribution in [-0.2, 0) is 14.7 Å². The Hall–Kier alpha value is 0.790. The Morgan fingerprint density at radius 1 is 1.62 bits per heavy atom. The minimum atomic E-state index is -4.79. The van der Waals surface area contributed by atoms with Gasteiger partial charge >= 0.3 is 29.6 Å². The Labute approximate surface area is 68.0 Å². The maximum Gasteiger partial charge on any atom is 1.00 e. The molecule has 0 aliphatic carbocycles. The van der Waals surface area contributed by atoms with Crippen molar-refractivity contribution >= 4 is 10.4 Å². The molecule has 0 aromatic rings. The van der Waals surface area contributed by atoms with Crippen LogP contribution in [0.25, 0.3) is 0 Å². The summed E-state index contributed by atoms with van der Waals surface area (Å²) in [5, 5.41) is 7.35. The first-order valence-corrected chi connectivity index (χ1v) is 2.43. The molecule has 0 heterocycles. The van der Waals surface area contributed by atoms with Crippen LogP contribution in [0.4, 0.5) is 0 Å². The third-order valence-electron chi connectivity index (χ3n) is 0.139. The van der Waals surface area contributed by atoms with Crippen molar-refractivity contribution in [3.63, 3.8) is 0 Å². The van der Waals surface area contributed by atoms with Gasteiger partial charge < -0.3 is 4.55 Å². The average Bonchev–Trinajstić information content (AvgIpc) is 1.30. The maximum absolute atomic E-state index is 9.23. The van der Waals surface area contributed by atoms with Gasteiger partial charge in [-0.25, -0.2) is 8.42 Å². The number of hydrogen-bond donors (Lipinski definition) is 2. The monoisotopic (exact) mass is 151 g/mol. The number of rotatable bonds is 2. The van der Waals surface area contributed by atoms with Crippen LogP contribution in [0, 0.1) is 0 Å². The van der Waals surface area contributed by atoms with Crippen LogP contribution in [-0.4, -0.2) is 18.2 Å². The molecule has 0 unspecified atom stereocenters. The molecule has 0 atom stereocenters. The Morgan fingerprint density at radius 3 is 2.00 bits per heavy atom. The van der Waals surface area contributed by atoms with E-state index in [4.69, 9.17) is 5.21 Å². The zero-order valence-electron chi connectivity index (χ0n) is 3.99. The van der Waals surface area contributed by atoms with Crippen molar-refractivity contribution in [1.82, 2.24) is 5.64 Å². The van der Waals surface area contributed by atoms with Crippen LogP contribution in [0.15, 0.2) is 0 Å². The summed E-state index contributed by atoms with van der Waals surface area (Å²) in [6.45, 7) is 0. The van der Waals surface area contributed by atoms with E-state index in [1.54, 1.807) is 0 Å². The van der Waals surface area contributed by atoms with E-state index < -0.39 is 10.4 Å². The van der Waals surface area contributed by atoms with Crippen LogP contribution >= 0.6 is 0 Å². The molecule has 0 saturated carbocycles. The molecular formula is H2NNaO5S. The molecule has 44 valence electrons. The predicted molar refractivity (Wildman–Crippen MR) is 15.7 cm³/mol. The van der Waals surface area contributed by atoms with Crippen molar-refractivity contribution in [3.05, 3.63) is 0 Å². The third-order valence-corrected chi connectivity index (χ3v) is 0.418. The molecule has 0 radical (unpaired) electrons. The summed E-state index contributed by atoms with van der Waals surface area (Å²) in [6, 6.07) is 0. The van der Waals surface area contributed by atoms with E-state index >= 15 is 0 Å². The first kappa shape index (κ1) is 11.6. The first-order valence-electron chi connectivity index (χ1n) is 1.09. The van der Waals surface area contributed by atoms with E-state index in [0.717, 1.165) is 0 Å². The summed E-state index contributed by atoms with van der Waals surface area (Å²) in [6.07, 6.45) is 0. The van der Waals surface area contributed by atoms with Gasteiger partial charge in [0.15, 0.2) is 0 Å². The summed E-state index contributed by atoms with van der Waals surface area (Å²) >= 11 is 0. The molecule has 0 aliphatic rings. The molecule has 8 heavy (non-hydrogen) atoms. The summed E-state index contributed by atoms with van der Waals surface area (Å²) < 4.78 is 30.6. The molecule has 2 N–H and O–H groups in total. The minimum Gasteiger partial charge on any atom is -0.724 e. The van der Waals surface area contributed by atoms with E-state index in [0.29, 0.717) is 5.64 Å². The molecule has 0 fully saturated rings. The molecule has 8 heteroatoms. The molecule has 0 aliphatic heterocycles. The van der Waals surface area contributed by atoms with Gasteiger partial charge in [-0.15, -0.1) is 0 Å². The summed E-state index contributed by atoms with van der Waals surface area (Å²) in [5.41, 5.74) is 0.707. The van der Waals surface area contributed by atoms with Gasteiger partial charge in [-0.2, -0.15) is 4.28 Å². The SMILES string of the molecule is O=S(=O)([O-])ONO.[Na+]. The van der Waals surface area contributed by atoms with E-state index in [1.165, 1.54) is 0 Å². The Bertz CT molecular complexity index is 125. The van der Waals surface area contributed by atoms with Crippen molar-refractivity contribution in [2.45, 2.75) is 0 Å². The minimum absolute atomic E-state index is 0. The van der Waals surface area contributed by atoms with Crippen molar-refractivity contribution < 1.29 is 52.0 Å². The average molecular weight is 151 g/mol. The van der Waals surface area contributed by atoms with Gasteiger partial charge in [0.25, 0.3) is 0 Å². The molecule has 0 aromatic heterocycles. The molecule has 6 nitrogen and oxygen atoms in total. The molecule has 0 rings (SSSR count). The van der Waals surface area contributed by atoms with Crippen LogP contribution < -0.4 is 35.2 Å². The van der Waals surface area contributed by atoms with Crippen molar-refractivity contribution in [1.29, 1.82) is 0 Å². The molecular weight excluding hydrogens is 149 g/mol. The van der Waals surface area contributed by atoms with Crippen molar-refractivity contribution in [2.24, 2.45) is 0 Å². The molecule has 0 saturated heterocycles. The standard InChI is InChI=1S/H3NO5S.Na/c2-1-6-7(3,4)5;/h1-2H,(H,3,4,5);/q;+1/p-1. The predicted octanol–water partition coefficient (Wildman–Crippen LogP) is -4.64. The largest absolute Gasteiger partial charge is 1.00 e. The second-order valence-electron chi connectivity index (χ2n) is 0.583. The van der Waals surface area contributed by atoms with Crippen LogP contribution in [0.2, 0.25) is 0 Å². The number of nitrogens with one attached hydrogen (secondary N) is 1. The Balaban J connectivity index is 0. The normalized spacial score (nSPS) is 10.2. The second kappa shape index (κ2) is 4.65. The molecule has 0 aromatic carbocycles. The topological polar surface area (TPSA) is 98.7 Å². The zero-order chi connectivity index (χ0) is 5.91. The second-order valence-corrected chi connectivity index (χ2v) is 1.57. The smallest absolute Gasteiger partial charge is 0.724 e. The molecule has 0 amide bonds. The first-order chi connectivity index (χ1) is 3.06. The summed E-state index contributed by atoms with van der Waals surface area (Å²) in [4.78, 5) is 0. The zero-order valence-corrected chi connectivity index (χ0v) is 6.80. The third kappa shape index (κ3) is 9.92. The van der Waals surface area contributed by atoms with Gasteiger partial charge in [-0.1, -0.05) is 5.64 Å². The van der Waals surface area contributed by atoms with Gasteiger partial charge in [0.2, 0.25) is 10.4 Å². The van der Waals surface area contributed by atoms with E-state index in [-0.39, 0.29) is 29.6 Å². The van der Waals surface area contributed by atoms with Gasteiger partial charge in [-0.3, -0.25) is 5.21 Å². The van der Waals surface area contributed by atoms with Crippen LogP contribution in [0.1, 0.15) is 0 Å². The van der Waals surface area contributed by atoms with Crippen LogP contribution in [0.5, 0.6) is 0 Å². The maximum atomic E-state index is 9.23. The summed E-state index contributed by atoms with van der Waals surface area (Å²) in [5.74, 6) is 0.